The van der Waals surface area contributed by atoms with Crippen LogP contribution in [0.25, 0.3) is 0 Å². The molecule has 2 rings (SSSR count). The Bertz CT molecular complexity index is 290. The molecule has 1 aromatic heterocycles. The van der Waals surface area contributed by atoms with Gasteiger partial charge in [-0.05, 0) is 18.9 Å². The maximum absolute atomic E-state index is 10.6. The second-order valence-corrected chi connectivity index (χ2v) is 3.16. The number of ether oxygens (including phenoxy) is 1. The summed E-state index contributed by atoms with van der Waals surface area (Å²) in [5.74, 6) is 0. The van der Waals surface area contributed by atoms with Gasteiger partial charge in [0.15, 0.2) is 6.29 Å². The van der Waals surface area contributed by atoms with Crippen LogP contribution in [0.3, 0.4) is 0 Å². The minimum Gasteiger partial charge on any atom is -0.381 e. The molecule has 1 aliphatic rings. The molecule has 2 heterocycles. The number of hydrogen-bond acceptors (Lipinski definition) is 3. The van der Waals surface area contributed by atoms with Crippen molar-refractivity contribution in [1.82, 2.24) is 9.78 Å². The molecule has 0 radical (unpaired) electrons. The predicted octanol–water partition coefficient (Wildman–Crippen LogP) is 1.05. The number of aldehydes is 1. The summed E-state index contributed by atoms with van der Waals surface area (Å²) in [6, 6.07) is 2.08. The fourth-order valence-electron chi connectivity index (χ4n) is 1.65. The van der Waals surface area contributed by atoms with E-state index in [1.165, 1.54) is 0 Å². The molecule has 0 saturated carbocycles. The third-order valence-corrected chi connectivity index (χ3v) is 2.36. The Morgan fingerprint density at radius 3 is 3.00 bits per heavy atom. The Morgan fingerprint density at radius 2 is 2.31 bits per heavy atom. The van der Waals surface area contributed by atoms with E-state index in [9.17, 15) is 4.79 Å². The van der Waals surface area contributed by atoms with E-state index in [0.717, 1.165) is 32.3 Å². The summed E-state index contributed by atoms with van der Waals surface area (Å²) < 4.78 is 7.04. The summed E-state index contributed by atoms with van der Waals surface area (Å²) in [4.78, 5) is 10.6. The van der Waals surface area contributed by atoms with Crippen LogP contribution in [0.15, 0.2) is 12.3 Å². The lowest BCUT2D eigenvalue weighted by Crippen LogP contribution is -2.21. The van der Waals surface area contributed by atoms with Gasteiger partial charge in [-0.3, -0.25) is 9.48 Å². The zero-order valence-corrected chi connectivity index (χ0v) is 7.35. The van der Waals surface area contributed by atoms with Crippen molar-refractivity contribution in [2.75, 3.05) is 13.2 Å². The van der Waals surface area contributed by atoms with Gasteiger partial charge in [-0.1, -0.05) is 0 Å². The Labute approximate surface area is 76.5 Å². The Hall–Kier alpha value is -1.16. The molecule has 0 N–H and O–H groups in total. The average molecular weight is 180 g/mol. The summed E-state index contributed by atoms with van der Waals surface area (Å²) in [6.45, 7) is 1.53. The Kier molecular flexibility index (Phi) is 2.40. The molecule has 0 aromatic carbocycles. The lowest BCUT2D eigenvalue weighted by Gasteiger charge is -2.23. The molecule has 0 unspecified atom stereocenters. The quantitative estimate of drug-likeness (QED) is 0.639. The molecule has 4 nitrogen and oxygen atoms in total. The summed E-state index contributed by atoms with van der Waals surface area (Å²) in [6.07, 6.45) is 4.41. The molecule has 1 saturated heterocycles. The largest absolute Gasteiger partial charge is 0.381 e. The molecule has 0 aliphatic carbocycles. The van der Waals surface area contributed by atoms with E-state index in [2.05, 4.69) is 5.10 Å². The zero-order valence-electron chi connectivity index (χ0n) is 7.35. The number of carbonyl (C=O) groups is 1. The summed E-state index contributed by atoms with van der Waals surface area (Å²) >= 11 is 0. The van der Waals surface area contributed by atoms with Gasteiger partial charge in [0, 0.05) is 19.4 Å². The van der Waals surface area contributed by atoms with Gasteiger partial charge in [0.1, 0.15) is 5.69 Å². The highest BCUT2D eigenvalue weighted by atomic mass is 16.5. The van der Waals surface area contributed by atoms with Crippen molar-refractivity contribution in [2.24, 2.45) is 0 Å². The van der Waals surface area contributed by atoms with Gasteiger partial charge in [0.05, 0.1) is 6.04 Å². The van der Waals surface area contributed by atoms with Crippen molar-refractivity contribution in [2.45, 2.75) is 18.9 Å². The van der Waals surface area contributed by atoms with Crippen LogP contribution in [0.5, 0.6) is 0 Å². The predicted molar refractivity (Wildman–Crippen MR) is 46.7 cm³/mol. The van der Waals surface area contributed by atoms with E-state index in [1.807, 2.05) is 0 Å². The molecule has 13 heavy (non-hydrogen) atoms. The molecule has 1 aromatic rings. The fourth-order valence-corrected chi connectivity index (χ4v) is 1.65. The van der Waals surface area contributed by atoms with Crippen molar-refractivity contribution >= 4 is 6.29 Å². The third kappa shape index (κ3) is 1.62. The van der Waals surface area contributed by atoms with Gasteiger partial charge >= 0.3 is 0 Å². The van der Waals surface area contributed by atoms with Crippen LogP contribution in [0, 0.1) is 0 Å². The summed E-state index contributed by atoms with van der Waals surface area (Å²) in [5, 5.41) is 4.14. The normalized spacial score (nSPS) is 18.8. The topological polar surface area (TPSA) is 44.1 Å². The van der Waals surface area contributed by atoms with Crippen LogP contribution in [0.2, 0.25) is 0 Å². The van der Waals surface area contributed by atoms with E-state index >= 15 is 0 Å². The monoisotopic (exact) mass is 180 g/mol. The minimum atomic E-state index is 0.337. The van der Waals surface area contributed by atoms with Crippen LogP contribution < -0.4 is 0 Å². The molecule has 1 fully saturated rings. The second kappa shape index (κ2) is 3.70. The lowest BCUT2D eigenvalue weighted by atomic mass is 10.1. The SMILES string of the molecule is O=Cc1ccnn1C1CCOCC1. The van der Waals surface area contributed by atoms with Gasteiger partial charge in [0.25, 0.3) is 0 Å². The number of carbonyl (C=O) groups excluding carboxylic acids is 1. The number of rotatable bonds is 2. The highest BCUT2D eigenvalue weighted by Crippen LogP contribution is 2.20. The first-order valence-corrected chi connectivity index (χ1v) is 4.48. The zero-order chi connectivity index (χ0) is 9.10. The highest BCUT2D eigenvalue weighted by molar-refractivity contribution is 5.71. The molecular formula is C9H12N2O2. The first kappa shape index (κ1) is 8.44. The first-order chi connectivity index (χ1) is 6.42. The van der Waals surface area contributed by atoms with Crippen LogP contribution in [-0.4, -0.2) is 29.3 Å². The van der Waals surface area contributed by atoms with Crippen molar-refractivity contribution in [1.29, 1.82) is 0 Å². The number of aromatic nitrogens is 2. The molecule has 4 heteroatoms. The van der Waals surface area contributed by atoms with E-state index in [0.29, 0.717) is 11.7 Å². The number of hydrogen-bond donors (Lipinski definition) is 0. The van der Waals surface area contributed by atoms with Gasteiger partial charge in [-0.15, -0.1) is 0 Å². The van der Waals surface area contributed by atoms with Crippen molar-refractivity contribution in [3.8, 4) is 0 Å². The maximum Gasteiger partial charge on any atom is 0.168 e. The van der Waals surface area contributed by atoms with Crippen molar-refractivity contribution in [3.05, 3.63) is 18.0 Å². The van der Waals surface area contributed by atoms with Gasteiger partial charge < -0.3 is 4.74 Å². The van der Waals surface area contributed by atoms with E-state index < -0.39 is 0 Å². The molecule has 0 bridgehead atoms. The van der Waals surface area contributed by atoms with Crippen LogP contribution in [-0.2, 0) is 4.74 Å². The van der Waals surface area contributed by atoms with Gasteiger partial charge in [-0.25, -0.2) is 0 Å². The molecule has 1 aliphatic heterocycles. The summed E-state index contributed by atoms with van der Waals surface area (Å²) in [5.41, 5.74) is 0.659. The van der Waals surface area contributed by atoms with Crippen molar-refractivity contribution in [3.63, 3.8) is 0 Å². The molecule has 0 spiro atoms. The molecule has 70 valence electrons. The fraction of sp³-hybridized carbons (Fsp3) is 0.556. The average Bonchev–Trinajstić information content (AvgIpc) is 2.67. The summed E-state index contributed by atoms with van der Waals surface area (Å²) in [7, 11) is 0. The minimum absolute atomic E-state index is 0.337. The standard InChI is InChI=1S/C9H12N2O2/c12-7-9-1-4-10-11(9)8-2-5-13-6-3-8/h1,4,7-8H,2-3,5-6H2. The van der Waals surface area contributed by atoms with Crippen molar-refractivity contribution < 1.29 is 9.53 Å². The smallest absolute Gasteiger partial charge is 0.168 e. The molecule has 0 atom stereocenters. The van der Waals surface area contributed by atoms with Crippen LogP contribution >= 0.6 is 0 Å². The van der Waals surface area contributed by atoms with Crippen LogP contribution in [0.4, 0.5) is 0 Å². The Morgan fingerprint density at radius 1 is 1.54 bits per heavy atom. The number of nitrogens with zero attached hydrogens (tertiary/aromatic N) is 2. The van der Waals surface area contributed by atoms with E-state index in [1.54, 1.807) is 16.9 Å². The maximum atomic E-state index is 10.6. The molecule has 0 amide bonds. The van der Waals surface area contributed by atoms with Gasteiger partial charge in [-0.2, -0.15) is 5.10 Å². The lowest BCUT2D eigenvalue weighted by molar-refractivity contribution is 0.0652. The first-order valence-electron chi connectivity index (χ1n) is 4.48. The van der Waals surface area contributed by atoms with Crippen LogP contribution in [0.1, 0.15) is 29.4 Å². The van der Waals surface area contributed by atoms with E-state index in [4.69, 9.17) is 4.74 Å². The van der Waals surface area contributed by atoms with E-state index in [-0.39, 0.29) is 0 Å². The van der Waals surface area contributed by atoms with Gasteiger partial charge in [0.2, 0.25) is 0 Å². The molecular weight excluding hydrogens is 168 g/mol. The highest BCUT2D eigenvalue weighted by Gasteiger charge is 2.17. The second-order valence-electron chi connectivity index (χ2n) is 3.16. The third-order valence-electron chi connectivity index (χ3n) is 2.36. The Balaban J connectivity index is 2.17.